The number of thioether (sulfide) groups is 1. The van der Waals surface area contributed by atoms with Crippen molar-refractivity contribution < 1.29 is 9.53 Å². The number of fused-ring (bicyclic) bond motifs is 1. The molecule has 1 fully saturated rings. The molecule has 0 unspecified atom stereocenters. The van der Waals surface area contributed by atoms with Crippen LogP contribution in [0.4, 0.5) is 0 Å². The molecule has 0 spiro atoms. The van der Waals surface area contributed by atoms with Gasteiger partial charge in [-0.05, 0) is 37.3 Å². The number of nitrogens with one attached hydrogen (secondary N) is 1. The first kappa shape index (κ1) is 23.3. The lowest BCUT2D eigenvalue weighted by molar-refractivity contribution is -0.118. The van der Waals surface area contributed by atoms with E-state index < -0.39 is 0 Å². The van der Waals surface area contributed by atoms with E-state index in [4.69, 9.17) is 16.3 Å². The lowest BCUT2D eigenvalue weighted by atomic mass is 10.2. The quantitative estimate of drug-likeness (QED) is 0.442. The van der Waals surface area contributed by atoms with E-state index in [1.807, 2.05) is 22.8 Å². The Balaban J connectivity index is 1.33. The Bertz CT molecular complexity index is 1010. The minimum Gasteiger partial charge on any atom is -0.379 e. The molecule has 1 aliphatic carbocycles. The van der Waals surface area contributed by atoms with Crippen LogP contribution in [0.3, 0.4) is 0 Å². The molecule has 172 valence electrons. The molecule has 1 aromatic heterocycles. The molecule has 0 radical (unpaired) electrons. The van der Waals surface area contributed by atoms with Crippen molar-refractivity contribution in [1.29, 1.82) is 0 Å². The molecule has 7 nitrogen and oxygen atoms in total. The molecule has 1 saturated heterocycles. The summed E-state index contributed by atoms with van der Waals surface area (Å²) >= 11 is 7.50. The highest BCUT2D eigenvalue weighted by Crippen LogP contribution is 2.29. The van der Waals surface area contributed by atoms with Crippen LogP contribution in [0.25, 0.3) is 0 Å². The van der Waals surface area contributed by atoms with Crippen molar-refractivity contribution in [1.82, 2.24) is 19.8 Å². The number of hydrogen-bond acceptors (Lipinski definition) is 6. The highest BCUT2D eigenvalue weighted by molar-refractivity contribution is 7.99. The Hall–Kier alpha value is -1.87. The molecule has 2 heterocycles. The summed E-state index contributed by atoms with van der Waals surface area (Å²) in [7, 11) is 0. The van der Waals surface area contributed by atoms with E-state index >= 15 is 0 Å². The second kappa shape index (κ2) is 11.3. The van der Waals surface area contributed by atoms with Crippen molar-refractivity contribution in [2.75, 3.05) is 38.6 Å². The molecule has 0 saturated carbocycles. The van der Waals surface area contributed by atoms with Gasteiger partial charge in [0.1, 0.15) is 5.03 Å². The number of benzene rings is 1. The Kier molecular flexibility index (Phi) is 8.24. The molecule has 4 rings (SSSR count). The lowest BCUT2D eigenvalue weighted by Gasteiger charge is -2.26. The van der Waals surface area contributed by atoms with Crippen molar-refractivity contribution in [3.05, 3.63) is 56.6 Å². The van der Waals surface area contributed by atoms with Crippen LogP contribution in [-0.2, 0) is 35.5 Å². The number of nitrogens with zero attached hydrogens (tertiary/aromatic N) is 3. The molecule has 9 heteroatoms. The lowest BCUT2D eigenvalue weighted by Crippen LogP contribution is -2.37. The summed E-state index contributed by atoms with van der Waals surface area (Å²) < 4.78 is 7.25. The second-order valence-electron chi connectivity index (χ2n) is 8.09. The molecule has 2 aromatic rings. The molecule has 0 atom stereocenters. The molecule has 1 aliphatic heterocycles. The van der Waals surface area contributed by atoms with Crippen LogP contribution >= 0.6 is 23.4 Å². The van der Waals surface area contributed by atoms with Crippen LogP contribution in [0.15, 0.2) is 34.1 Å². The average Bonchev–Trinajstić information content (AvgIpc) is 3.29. The van der Waals surface area contributed by atoms with Gasteiger partial charge in [0.25, 0.3) is 0 Å². The van der Waals surface area contributed by atoms with Crippen LogP contribution in [0, 0.1) is 0 Å². The van der Waals surface area contributed by atoms with Gasteiger partial charge in [0.15, 0.2) is 0 Å². The van der Waals surface area contributed by atoms with Crippen LogP contribution in [0.5, 0.6) is 0 Å². The largest absolute Gasteiger partial charge is 0.379 e. The van der Waals surface area contributed by atoms with E-state index in [1.165, 1.54) is 11.8 Å². The van der Waals surface area contributed by atoms with E-state index in [1.54, 1.807) is 6.07 Å². The Labute approximate surface area is 197 Å². The number of morpholine rings is 1. The van der Waals surface area contributed by atoms with Gasteiger partial charge in [0.05, 0.1) is 19.0 Å². The monoisotopic (exact) mass is 476 g/mol. The summed E-state index contributed by atoms with van der Waals surface area (Å²) in [5.41, 5.74) is 2.92. The predicted octanol–water partition coefficient (Wildman–Crippen LogP) is 2.52. The number of rotatable bonds is 9. The number of carbonyl (C=O) groups is 1. The molecule has 2 aliphatic rings. The summed E-state index contributed by atoms with van der Waals surface area (Å²) in [5, 5.41) is 4.24. The third-order valence-corrected chi connectivity index (χ3v) is 7.32. The average molecular weight is 477 g/mol. The normalized spacial score (nSPS) is 16.2. The zero-order valence-electron chi connectivity index (χ0n) is 18.1. The Morgan fingerprint density at radius 1 is 1.19 bits per heavy atom. The van der Waals surface area contributed by atoms with Gasteiger partial charge in [0.2, 0.25) is 5.91 Å². The minimum atomic E-state index is -0.202. The summed E-state index contributed by atoms with van der Waals surface area (Å²) in [5.74, 6) is 0.128. The van der Waals surface area contributed by atoms with Gasteiger partial charge in [-0.25, -0.2) is 4.79 Å². The fraction of sp³-hybridized carbons (Fsp3) is 0.522. The third-order valence-electron chi connectivity index (χ3n) is 5.93. The molecule has 0 bridgehead atoms. The zero-order chi connectivity index (χ0) is 22.3. The first-order valence-electron chi connectivity index (χ1n) is 11.2. The minimum absolute atomic E-state index is 0.0989. The van der Waals surface area contributed by atoms with Crippen LogP contribution in [-0.4, -0.2) is 59.0 Å². The summed E-state index contributed by atoms with van der Waals surface area (Å²) in [4.78, 5) is 31.8. The van der Waals surface area contributed by atoms with Gasteiger partial charge in [-0.15, -0.1) is 0 Å². The first-order chi connectivity index (χ1) is 15.6. The number of carbonyl (C=O) groups excluding carboxylic acids is 1. The third kappa shape index (κ3) is 5.92. The summed E-state index contributed by atoms with van der Waals surface area (Å²) in [6.07, 6.45) is 3.76. The van der Waals surface area contributed by atoms with E-state index in [2.05, 4.69) is 15.2 Å². The Morgan fingerprint density at radius 2 is 2.00 bits per heavy atom. The van der Waals surface area contributed by atoms with Gasteiger partial charge >= 0.3 is 5.69 Å². The maximum absolute atomic E-state index is 12.8. The number of hydrogen-bond donors (Lipinski definition) is 1. The standard InChI is InChI=1S/C23H29ClN4O3S/c24-19-7-2-1-5-17(19)15-25-21(29)16-32-22-18-6-3-8-20(18)28(23(30)26-22)10-4-9-27-11-13-31-14-12-27/h1-2,5,7H,3-4,6,8-16H2,(H,25,29). The Morgan fingerprint density at radius 3 is 2.81 bits per heavy atom. The van der Waals surface area contributed by atoms with Crippen LogP contribution in [0.2, 0.25) is 5.02 Å². The number of ether oxygens (including phenoxy) is 1. The van der Waals surface area contributed by atoms with E-state index in [9.17, 15) is 9.59 Å². The van der Waals surface area contributed by atoms with Crippen molar-refractivity contribution in [3.63, 3.8) is 0 Å². The molecular weight excluding hydrogens is 448 g/mol. The maximum atomic E-state index is 12.8. The first-order valence-corrected chi connectivity index (χ1v) is 12.5. The molecule has 1 amide bonds. The highest BCUT2D eigenvalue weighted by Gasteiger charge is 2.22. The van der Waals surface area contributed by atoms with Crippen LogP contribution < -0.4 is 11.0 Å². The van der Waals surface area contributed by atoms with Gasteiger partial charge < -0.3 is 10.1 Å². The smallest absolute Gasteiger partial charge is 0.348 e. The number of aromatic nitrogens is 2. The van der Waals surface area contributed by atoms with Crippen molar-refractivity contribution in [2.24, 2.45) is 0 Å². The SMILES string of the molecule is O=C(CSc1nc(=O)n(CCCN2CCOCC2)c2c1CCC2)NCc1ccccc1Cl. The maximum Gasteiger partial charge on any atom is 0.348 e. The molecule has 1 N–H and O–H groups in total. The van der Waals surface area contributed by atoms with Gasteiger partial charge in [0, 0.05) is 49.0 Å². The van der Waals surface area contributed by atoms with Gasteiger partial charge in [-0.1, -0.05) is 41.6 Å². The van der Waals surface area contributed by atoms with Crippen LogP contribution in [0.1, 0.15) is 29.7 Å². The molecule has 1 aromatic carbocycles. The zero-order valence-corrected chi connectivity index (χ0v) is 19.7. The second-order valence-corrected chi connectivity index (χ2v) is 9.47. The number of halogens is 1. The van der Waals surface area contributed by atoms with Crippen molar-refractivity contribution >= 4 is 29.3 Å². The fourth-order valence-electron chi connectivity index (χ4n) is 4.23. The summed E-state index contributed by atoms with van der Waals surface area (Å²) in [6.45, 7) is 5.53. The molecule has 32 heavy (non-hydrogen) atoms. The fourth-order valence-corrected chi connectivity index (χ4v) is 5.34. The van der Waals surface area contributed by atoms with E-state index in [0.29, 0.717) is 23.1 Å². The topological polar surface area (TPSA) is 76.5 Å². The van der Waals surface area contributed by atoms with E-state index in [-0.39, 0.29) is 17.3 Å². The number of amides is 1. The van der Waals surface area contributed by atoms with Gasteiger partial charge in [-0.2, -0.15) is 4.98 Å². The van der Waals surface area contributed by atoms with Crippen molar-refractivity contribution in [3.8, 4) is 0 Å². The summed E-state index contributed by atoms with van der Waals surface area (Å²) in [6, 6.07) is 7.45. The molecular formula is C23H29ClN4O3S. The van der Waals surface area contributed by atoms with Gasteiger partial charge in [-0.3, -0.25) is 14.3 Å². The van der Waals surface area contributed by atoms with Crippen molar-refractivity contribution in [2.45, 2.75) is 43.8 Å². The highest BCUT2D eigenvalue weighted by atomic mass is 35.5. The predicted molar refractivity (Wildman–Crippen MR) is 126 cm³/mol. The van der Waals surface area contributed by atoms with E-state index in [0.717, 1.165) is 75.4 Å².